The molecule has 0 N–H and O–H groups in total. The van der Waals surface area contributed by atoms with Crippen LogP contribution in [0.25, 0.3) is 0 Å². The molecule has 0 unspecified atom stereocenters. The van der Waals surface area contributed by atoms with E-state index < -0.39 is 11.0 Å². The van der Waals surface area contributed by atoms with Gasteiger partial charge in [-0.1, -0.05) is 6.08 Å². The summed E-state index contributed by atoms with van der Waals surface area (Å²) >= 11 is 0. The fraction of sp³-hybridized carbons (Fsp3) is 0.692. The van der Waals surface area contributed by atoms with Crippen molar-refractivity contribution in [3.8, 4) is 0 Å². The van der Waals surface area contributed by atoms with Crippen LogP contribution in [0.5, 0.6) is 0 Å². The van der Waals surface area contributed by atoms with Crippen LogP contribution in [0.2, 0.25) is 0 Å². The molecule has 0 spiro atoms. The van der Waals surface area contributed by atoms with Gasteiger partial charge in [-0.15, -0.1) is 6.58 Å². The van der Waals surface area contributed by atoms with Gasteiger partial charge >= 0.3 is 11.9 Å². The number of hydrogen-bond donors (Lipinski definition) is 0. The average Bonchev–Trinajstić information content (AvgIpc) is 2.88. The molecule has 0 bridgehead atoms. The first kappa shape index (κ1) is 13.7. The second-order valence-corrected chi connectivity index (χ2v) is 5.46. The number of ether oxygens (including phenoxy) is 2. The fourth-order valence-electron chi connectivity index (χ4n) is 1.99. The van der Waals surface area contributed by atoms with Gasteiger partial charge < -0.3 is 9.47 Å². The van der Waals surface area contributed by atoms with Crippen molar-refractivity contribution in [1.82, 2.24) is 0 Å². The van der Waals surface area contributed by atoms with E-state index in [1.165, 1.54) is 7.11 Å². The average molecular weight is 240 g/mol. The maximum absolute atomic E-state index is 11.7. The van der Waals surface area contributed by atoms with Crippen molar-refractivity contribution >= 4 is 11.9 Å². The standard InChI is InChI=1S/C13H20O4/c1-6-9-7-13(9,11(15)16-5)8-10(14)17-12(2,3)4/h6,9H,1,7-8H2,2-5H3/t9-,13-/m1/s1. The molecule has 96 valence electrons. The van der Waals surface area contributed by atoms with Gasteiger partial charge in [-0.05, 0) is 33.1 Å². The molecular weight excluding hydrogens is 220 g/mol. The van der Waals surface area contributed by atoms with Crippen LogP contribution in [0.4, 0.5) is 0 Å². The third-order valence-corrected chi connectivity index (χ3v) is 2.89. The topological polar surface area (TPSA) is 52.6 Å². The van der Waals surface area contributed by atoms with Gasteiger partial charge in [-0.25, -0.2) is 0 Å². The van der Waals surface area contributed by atoms with Gasteiger partial charge in [0.05, 0.1) is 18.9 Å². The molecule has 1 fully saturated rings. The molecule has 4 heteroatoms. The predicted molar refractivity (Wildman–Crippen MR) is 63.2 cm³/mol. The summed E-state index contributed by atoms with van der Waals surface area (Å²) in [5, 5.41) is 0. The molecule has 1 rings (SSSR count). The van der Waals surface area contributed by atoms with Crippen LogP contribution < -0.4 is 0 Å². The summed E-state index contributed by atoms with van der Waals surface area (Å²) in [6.07, 6.45) is 2.37. The Hall–Kier alpha value is -1.32. The largest absolute Gasteiger partial charge is 0.469 e. The molecule has 0 aromatic heterocycles. The van der Waals surface area contributed by atoms with Crippen molar-refractivity contribution in [2.45, 2.75) is 39.2 Å². The molecule has 0 aromatic carbocycles. The summed E-state index contributed by atoms with van der Waals surface area (Å²) in [5.41, 5.74) is -1.27. The zero-order valence-corrected chi connectivity index (χ0v) is 10.9. The summed E-state index contributed by atoms with van der Waals surface area (Å²) in [5.74, 6) is -0.706. The van der Waals surface area contributed by atoms with Gasteiger partial charge in [-0.2, -0.15) is 0 Å². The van der Waals surface area contributed by atoms with Crippen molar-refractivity contribution in [3.63, 3.8) is 0 Å². The molecule has 2 atom stereocenters. The highest BCUT2D eigenvalue weighted by Gasteiger charge is 2.61. The number of carbonyl (C=O) groups excluding carboxylic acids is 2. The molecule has 0 radical (unpaired) electrons. The first-order chi connectivity index (χ1) is 7.75. The second kappa shape index (κ2) is 4.51. The maximum Gasteiger partial charge on any atom is 0.313 e. The highest BCUT2D eigenvalue weighted by molar-refractivity contribution is 5.87. The molecule has 17 heavy (non-hydrogen) atoms. The Morgan fingerprint density at radius 2 is 2.06 bits per heavy atom. The van der Waals surface area contributed by atoms with Crippen LogP contribution in [0.3, 0.4) is 0 Å². The number of allylic oxidation sites excluding steroid dienone is 1. The fourth-order valence-corrected chi connectivity index (χ4v) is 1.99. The minimum absolute atomic E-state index is 0.0162. The van der Waals surface area contributed by atoms with Gasteiger partial charge in [0.1, 0.15) is 5.60 Å². The van der Waals surface area contributed by atoms with Crippen molar-refractivity contribution in [1.29, 1.82) is 0 Å². The third-order valence-electron chi connectivity index (χ3n) is 2.89. The molecule has 0 amide bonds. The van der Waals surface area contributed by atoms with Crippen LogP contribution in [-0.4, -0.2) is 24.6 Å². The Balaban J connectivity index is 2.68. The summed E-state index contributed by atoms with van der Waals surface area (Å²) in [7, 11) is 1.33. The van der Waals surface area contributed by atoms with Gasteiger partial charge in [0, 0.05) is 0 Å². The van der Waals surface area contributed by atoms with Crippen molar-refractivity contribution < 1.29 is 19.1 Å². The van der Waals surface area contributed by atoms with Crippen LogP contribution in [0, 0.1) is 11.3 Å². The molecule has 0 aromatic rings. The lowest BCUT2D eigenvalue weighted by Gasteiger charge is -2.21. The van der Waals surface area contributed by atoms with E-state index in [4.69, 9.17) is 9.47 Å². The number of esters is 2. The Bertz CT molecular complexity index is 340. The van der Waals surface area contributed by atoms with Crippen LogP contribution in [-0.2, 0) is 19.1 Å². The highest BCUT2D eigenvalue weighted by Crippen LogP contribution is 2.57. The number of rotatable bonds is 4. The SMILES string of the molecule is C=C[C@@H]1C[C@]1(CC(=O)OC(C)(C)C)C(=O)OC. The molecule has 1 aliphatic carbocycles. The van der Waals surface area contributed by atoms with E-state index >= 15 is 0 Å². The first-order valence-corrected chi connectivity index (χ1v) is 5.68. The van der Waals surface area contributed by atoms with E-state index in [1.54, 1.807) is 26.8 Å². The smallest absolute Gasteiger partial charge is 0.313 e. The van der Waals surface area contributed by atoms with Crippen LogP contribution >= 0.6 is 0 Å². The van der Waals surface area contributed by atoms with Gasteiger partial charge in [0.25, 0.3) is 0 Å². The maximum atomic E-state index is 11.7. The van der Waals surface area contributed by atoms with Crippen LogP contribution in [0.15, 0.2) is 12.7 Å². The number of hydrogen-bond acceptors (Lipinski definition) is 4. The van der Waals surface area contributed by atoms with Gasteiger partial charge in [0.15, 0.2) is 0 Å². The highest BCUT2D eigenvalue weighted by atomic mass is 16.6. The number of methoxy groups -OCH3 is 1. The molecule has 4 nitrogen and oxygen atoms in total. The normalized spacial score (nSPS) is 27.2. The summed E-state index contributed by atoms with van der Waals surface area (Å²) < 4.78 is 9.97. The van der Waals surface area contributed by atoms with Gasteiger partial charge in [-0.3, -0.25) is 9.59 Å². The van der Waals surface area contributed by atoms with Crippen molar-refractivity contribution in [3.05, 3.63) is 12.7 Å². The van der Waals surface area contributed by atoms with E-state index in [9.17, 15) is 9.59 Å². The van der Waals surface area contributed by atoms with E-state index in [2.05, 4.69) is 6.58 Å². The minimum atomic E-state index is -0.737. The lowest BCUT2D eigenvalue weighted by atomic mass is 9.99. The van der Waals surface area contributed by atoms with Crippen molar-refractivity contribution in [2.75, 3.05) is 7.11 Å². The molecule has 0 heterocycles. The van der Waals surface area contributed by atoms with E-state index in [-0.39, 0.29) is 24.3 Å². The Labute approximate surface area is 102 Å². The van der Waals surface area contributed by atoms with Gasteiger partial charge in [0.2, 0.25) is 0 Å². The zero-order chi connectivity index (χ0) is 13.3. The Morgan fingerprint density at radius 1 is 1.47 bits per heavy atom. The summed E-state index contributed by atoms with van der Waals surface area (Å²) in [6.45, 7) is 9.05. The molecule has 0 aliphatic heterocycles. The second-order valence-electron chi connectivity index (χ2n) is 5.46. The molecule has 1 saturated carbocycles. The lowest BCUT2D eigenvalue weighted by Crippen LogP contribution is -2.29. The number of carbonyl (C=O) groups is 2. The monoisotopic (exact) mass is 240 g/mol. The first-order valence-electron chi connectivity index (χ1n) is 5.68. The zero-order valence-electron chi connectivity index (χ0n) is 10.9. The minimum Gasteiger partial charge on any atom is -0.469 e. The third kappa shape index (κ3) is 3.08. The summed E-state index contributed by atoms with van der Waals surface area (Å²) in [6, 6.07) is 0. The quantitative estimate of drug-likeness (QED) is 0.557. The Kier molecular flexibility index (Phi) is 3.65. The van der Waals surface area contributed by atoms with E-state index in [0.29, 0.717) is 6.42 Å². The van der Waals surface area contributed by atoms with Crippen LogP contribution in [0.1, 0.15) is 33.6 Å². The molecular formula is C13H20O4. The van der Waals surface area contributed by atoms with E-state index in [0.717, 1.165) is 0 Å². The predicted octanol–water partition coefficient (Wildman–Crippen LogP) is 2.08. The molecule has 0 saturated heterocycles. The lowest BCUT2D eigenvalue weighted by molar-refractivity contribution is -0.162. The van der Waals surface area contributed by atoms with E-state index in [1.807, 2.05) is 0 Å². The summed E-state index contributed by atoms with van der Waals surface area (Å²) in [4.78, 5) is 23.4. The van der Waals surface area contributed by atoms with Crippen molar-refractivity contribution in [2.24, 2.45) is 11.3 Å². The molecule has 1 aliphatic rings. The Morgan fingerprint density at radius 3 is 2.41 bits per heavy atom.